The number of piperidine rings is 1. The van der Waals surface area contributed by atoms with E-state index in [0.717, 1.165) is 56.7 Å². The zero-order valence-corrected chi connectivity index (χ0v) is 18.0. The number of nitrogens with one attached hydrogen (secondary N) is 1. The average molecular weight is 441 g/mol. The summed E-state index contributed by atoms with van der Waals surface area (Å²) in [4.78, 5) is 46.4. The number of hydrogen-bond acceptors (Lipinski definition) is 7. The minimum Gasteiger partial charge on any atom is -0.473 e. The number of amides is 1. The number of carboxylic acid groups (broad SMARTS) is 2. The molecule has 2 aliphatic rings. The molecule has 1 aromatic heterocycles. The highest BCUT2D eigenvalue weighted by molar-refractivity contribution is 7.17. The number of aliphatic carboxylic acids is 2. The van der Waals surface area contributed by atoms with E-state index in [-0.39, 0.29) is 11.9 Å². The van der Waals surface area contributed by atoms with Crippen LogP contribution < -0.4 is 5.32 Å². The lowest BCUT2D eigenvalue weighted by Gasteiger charge is -2.29. The molecule has 2 heterocycles. The van der Waals surface area contributed by atoms with Gasteiger partial charge in [-0.25, -0.2) is 14.4 Å². The summed E-state index contributed by atoms with van der Waals surface area (Å²) < 4.78 is 5.20. The van der Waals surface area contributed by atoms with Gasteiger partial charge in [-0.2, -0.15) is 0 Å². The summed E-state index contributed by atoms with van der Waals surface area (Å²) in [5.41, 5.74) is 1.68. The molecule has 0 atom stereocenters. The Balaban J connectivity index is 0.000000469. The third kappa shape index (κ3) is 6.53. The molecule has 1 amide bonds. The number of fused-ring (bicyclic) bond motifs is 1. The Morgan fingerprint density at radius 2 is 1.77 bits per heavy atom. The number of rotatable bonds is 5. The van der Waals surface area contributed by atoms with E-state index in [1.807, 2.05) is 0 Å². The third-order valence-corrected chi connectivity index (χ3v) is 6.29. The van der Waals surface area contributed by atoms with Gasteiger partial charge in [0.1, 0.15) is 5.00 Å². The van der Waals surface area contributed by atoms with Gasteiger partial charge >= 0.3 is 17.9 Å². The highest BCUT2D eigenvalue weighted by Gasteiger charge is 2.28. The molecule has 0 spiro atoms. The van der Waals surface area contributed by atoms with Gasteiger partial charge in [-0.3, -0.25) is 9.69 Å². The summed E-state index contributed by atoms with van der Waals surface area (Å²) in [6.07, 6.45) is 5.27. The van der Waals surface area contributed by atoms with Crippen molar-refractivity contribution in [3.63, 3.8) is 0 Å². The van der Waals surface area contributed by atoms with Crippen LogP contribution in [0.25, 0.3) is 0 Å². The van der Waals surface area contributed by atoms with Gasteiger partial charge in [-0.05, 0) is 63.6 Å². The lowest BCUT2D eigenvalue weighted by molar-refractivity contribution is -0.159. The molecule has 30 heavy (non-hydrogen) atoms. The van der Waals surface area contributed by atoms with Gasteiger partial charge in [0.15, 0.2) is 0 Å². The largest absolute Gasteiger partial charge is 0.473 e. The Morgan fingerprint density at radius 3 is 2.33 bits per heavy atom. The zero-order chi connectivity index (χ0) is 22.3. The second kappa shape index (κ2) is 11.1. The molecular weight excluding hydrogens is 412 g/mol. The Bertz CT molecular complexity index is 785. The molecule has 0 unspecified atom stereocenters. The number of thiophene rings is 1. The first-order valence-corrected chi connectivity index (χ1v) is 10.8. The van der Waals surface area contributed by atoms with Crippen molar-refractivity contribution in [2.45, 2.75) is 46.0 Å². The minimum absolute atomic E-state index is 0.0324. The smallest absolute Gasteiger partial charge is 0.414 e. The van der Waals surface area contributed by atoms with E-state index in [2.05, 4.69) is 17.1 Å². The number of carbonyl (C=O) groups is 4. The van der Waals surface area contributed by atoms with Crippen molar-refractivity contribution >= 4 is 40.2 Å². The number of nitrogens with zero attached hydrogens (tertiary/aromatic N) is 1. The standard InChI is InChI=1S/C18H26N2O3S.C2H2O4/c1-3-23-18(22)16-13-5-4-6-14(13)24-17(16)19-15(21)11-20-9-7-12(2)8-10-20;3-1(4)2(5)6/h12H,3-11H2,1-2H3,(H,19,21);(H,3,4)(H,5,6). The number of esters is 1. The molecule has 0 saturated carbocycles. The highest BCUT2D eigenvalue weighted by Crippen LogP contribution is 2.39. The monoisotopic (exact) mass is 440 g/mol. The van der Waals surface area contributed by atoms with E-state index < -0.39 is 11.9 Å². The first-order valence-electron chi connectivity index (χ1n) is 10.0. The van der Waals surface area contributed by atoms with Crippen LogP contribution in [0.5, 0.6) is 0 Å². The van der Waals surface area contributed by atoms with Crippen molar-refractivity contribution in [2.75, 3.05) is 31.6 Å². The van der Waals surface area contributed by atoms with Crippen LogP contribution >= 0.6 is 11.3 Å². The maximum Gasteiger partial charge on any atom is 0.414 e. The van der Waals surface area contributed by atoms with Crippen molar-refractivity contribution in [2.24, 2.45) is 5.92 Å². The van der Waals surface area contributed by atoms with Gasteiger partial charge in [0.05, 0.1) is 18.7 Å². The summed E-state index contributed by atoms with van der Waals surface area (Å²) in [6.45, 7) is 6.76. The summed E-state index contributed by atoms with van der Waals surface area (Å²) in [7, 11) is 0. The highest BCUT2D eigenvalue weighted by atomic mass is 32.1. The molecule has 3 N–H and O–H groups in total. The fourth-order valence-electron chi connectivity index (χ4n) is 3.50. The van der Waals surface area contributed by atoms with Crippen LogP contribution in [0.15, 0.2) is 0 Å². The summed E-state index contributed by atoms with van der Waals surface area (Å²) >= 11 is 1.54. The Hall–Kier alpha value is -2.46. The van der Waals surface area contributed by atoms with E-state index >= 15 is 0 Å². The molecule has 1 saturated heterocycles. The van der Waals surface area contributed by atoms with Gasteiger partial charge in [-0.1, -0.05) is 6.92 Å². The normalized spacial score (nSPS) is 16.2. The maximum atomic E-state index is 12.4. The van der Waals surface area contributed by atoms with Crippen molar-refractivity contribution in [3.8, 4) is 0 Å². The fraction of sp³-hybridized carbons (Fsp3) is 0.600. The molecule has 1 fully saturated rings. The molecule has 3 rings (SSSR count). The zero-order valence-electron chi connectivity index (χ0n) is 17.2. The van der Waals surface area contributed by atoms with Crippen LogP contribution in [0.4, 0.5) is 5.00 Å². The molecule has 1 aromatic rings. The van der Waals surface area contributed by atoms with Gasteiger partial charge in [0.25, 0.3) is 0 Å². The maximum absolute atomic E-state index is 12.4. The predicted molar refractivity (Wildman–Crippen MR) is 111 cm³/mol. The molecular formula is C20H28N2O7S. The van der Waals surface area contributed by atoms with Crippen molar-refractivity contribution in [1.82, 2.24) is 4.90 Å². The molecule has 166 valence electrons. The molecule has 1 aliphatic heterocycles. The van der Waals surface area contributed by atoms with E-state index in [4.69, 9.17) is 24.5 Å². The van der Waals surface area contributed by atoms with Gasteiger partial charge < -0.3 is 20.3 Å². The van der Waals surface area contributed by atoms with Gasteiger partial charge in [0.2, 0.25) is 5.91 Å². The first-order chi connectivity index (χ1) is 14.2. The summed E-state index contributed by atoms with van der Waals surface area (Å²) in [6, 6.07) is 0. The third-order valence-electron chi connectivity index (χ3n) is 5.08. The number of ether oxygens (including phenoxy) is 1. The van der Waals surface area contributed by atoms with Crippen LogP contribution in [-0.2, 0) is 32.0 Å². The number of aryl methyl sites for hydroxylation is 1. The van der Waals surface area contributed by atoms with Crippen molar-refractivity contribution < 1.29 is 34.1 Å². The van der Waals surface area contributed by atoms with Gasteiger partial charge in [0, 0.05) is 4.88 Å². The SMILES string of the molecule is CCOC(=O)c1c(NC(=O)CN2CCC(C)CC2)sc2c1CCC2.O=C(O)C(=O)O. The molecule has 10 heteroatoms. The van der Waals surface area contributed by atoms with Crippen LogP contribution in [0.2, 0.25) is 0 Å². The average Bonchev–Trinajstić information content (AvgIpc) is 3.24. The molecule has 0 aromatic carbocycles. The summed E-state index contributed by atoms with van der Waals surface area (Å²) in [5, 5.41) is 18.4. The van der Waals surface area contributed by atoms with E-state index in [1.54, 1.807) is 18.3 Å². The van der Waals surface area contributed by atoms with Gasteiger partial charge in [-0.15, -0.1) is 11.3 Å². The van der Waals surface area contributed by atoms with Crippen LogP contribution in [-0.4, -0.2) is 65.2 Å². The van der Waals surface area contributed by atoms with E-state index in [9.17, 15) is 9.59 Å². The van der Waals surface area contributed by atoms with E-state index in [0.29, 0.717) is 23.7 Å². The quantitative estimate of drug-likeness (QED) is 0.469. The Labute approximate surface area is 179 Å². The second-order valence-corrected chi connectivity index (χ2v) is 8.50. The lowest BCUT2D eigenvalue weighted by Crippen LogP contribution is -2.38. The first kappa shape index (κ1) is 23.8. The minimum atomic E-state index is -1.82. The number of carboxylic acids is 2. The van der Waals surface area contributed by atoms with Crippen LogP contribution in [0.3, 0.4) is 0 Å². The number of anilines is 1. The second-order valence-electron chi connectivity index (χ2n) is 7.40. The Morgan fingerprint density at radius 1 is 1.13 bits per heavy atom. The number of hydrogen-bond donors (Lipinski definition) is 3. The predicted octanol–water partition coefficient (Wildman–Crippen LogP) is 2.24. The molecule has 9 nitrogen and oxygen atoms in total. The molecule has 0 radical (unpaired) electrons. The number of likely N-dealkylation sites (tertiary alicyclic amines) is 1. The Kier molecular flexibility index (Phi) is 8.79. The lowest BCUT2D eigenvalue weighted by atomic mass is 9.99. The van der Waals surface area contributed by atoms with E-state index in [1.165, 1.54) is 4.88 Å². The summed E-state index contributed by atoms with van der Waals surface area (Å²) in [5.74, 6) is -3.24. The molecule has 0 bridgehead atoms. The number of carbonyl (C=O) groups excluding carboxylic acids is 2. The van der Waals surface area contributed by atoms with Crippen LogP contribution in [0.1, 0.15) is 53.9 Å². The van der Waals surface area contributed by atoms with Crippen molar-refractivity contribution in [1.29, 1.82) is 0 Å². The topological polar surface area (TPSA) is 133 Å². The van der Waals surface area contributed by atoms with Crippen molar-refractivity contribution in [3.05, 3.63) is 16.0 Å². The molecule has 1 aliphatic carbocycles. The van der Waals surface area contributed by atoms with Crippen LogP contribution in [0, 0.1) is 5.92 Å². The fourth-order valence-corrected chi connectivity index (χ4v) is 4.79.